The molecule has 4 heterocycles. The van der Waals surface area contributed by atoms with Crippen molar-refractivity contribution >= 4 is 21.8 Å². The molecule has 52 heavy (non-hydrogen) atoms. The van der Waals surface area contributed by atoms with Crippen LogP contribution in [0, 0.1) is 6.92 Å². The van der Waals surface area contributed by atoms with Crippen molar-refractivity contribution in [2.24, 2.45) is 0 Å². The summed E-state index contributed by atoms with van der Waals surface area (Å²) in [4.78, 5) is 17.2. The van der Waals surface area contributed by atoms with Crippen LogP contribution in [0.4, 0.5) is 13.2 Å². The molecule has 9 nitrogen and oxygen atoms in total. The molecule has 0 fully saturated rings. The maximum absolute atomic E-state index is 13.5. The molecule has 12 heteroatoms. The van der Waals surface area contributed by atoms with Gasteiger partial charge in [0.2, 0.25) is 17.7 Å². The Hall–Kier alpha value is -6.95. The van der Waals surface area contributed by atoms with Gasteiger partial charge in [0.1, 0.15) is 40.1 Å². The van der Waals surface area contributed by atoms with E-state index in [0.717, 1.165) is 33.4 Å². The largest absolute Gasteiger partial charge is 0.457 e. The predicted octanol–water partition coefficient (Wildman–Crippen LogP) is 10.9. The number of rotatable bonds is 9. The number of hydrogen-bond acceptors (Lipinski definition) is 8. The molecule has 0 amide bonds. The van der Waals surface area contributed by atoms with Crippen LogP contribution in [0.5, 0.6) is 46.3 Å². The van der Waals surface area contributed by atoms with Crippen molar-refractivity contribution in [3.63, 3.8) is 0 Å². The van der Waals surface area contributed by atoms with Gasteiger partial charge in [-0.3, -0.25) is 4.57 Å². The van der Waals surface area contributed by atoms with Crippen LogP contribution >= 0.6 is 0 Å². The minimum absolute atomic E-state index is 0.131. The molecule has 0 aliphatic carbocycles. The Morgan fingerprint density at radius 1 is 0.481 bits per heavy atom. The first-order valence-corrected chi connectivity index (χ1v) is 16.0. The van der Waals surface area contributed by atoms with E-state index in [1.807, 2.05) is 78.2 Å². The van der Waals surface area contributed by atoms with Gasteiger partial charge in [0.05, 0.1) is 11.0 Å². The Kier molecular flexibility index (Phi) is 8.32. The van der Waals surface area contributed by atoms with E-state index < -0.39 is 17.6 Å². The third-order valence-electron chi connectivity index (χ3n) is 8.01. The second kappa shape index (κ2) is 13.4. The van der Waals surface area contributed by atoms with E-state index in [1.165, 1.54) is 24.4 Å². The van der Waals surface area contributed by atoms with Crippen molar-refractivity contribution in [1.29, 1.82) is 0 Å². The zero-order valence-corrected chi connectivity index (χ0v) is 27.3. The minimum Gasteiger partial charge on any atom is -0.457 e. The van der Waals surface area contributed by atoms with Gasteiger partial charge in [-0.2, -0.15) is 13.2 Å². The van der Waals surface area contributed by atoms with Gasteiger partial charge in [-0.1, -0.05) is 18.2 Å². The highest BCUT2D eigenvalue weighted by molar-refractivity contribution is 6.09. The fourth-order valence-electron chi connectivity index (χ4n) is 5.69. The van der Waals surface area contributed by atoms with Gasteiger partial charge in [0, 0.05) is 65.4 Å². The summed E-state index contributed by atoms with van der Waals surface area (Å²) in [6.45, 7) is 1.93. The maximum atomic E-state index is 13.5. The maximum Gasteiger partial charge on any atom is 0.421 e. The summed E-state index contributed by atoms with van der Waals surface area (Å²) < 4.78 is 66.5. The Labute approximate surface area is 294 Å². The van der Waals surface area contributed by atoms with E-state index >= 15 is 0 Å². The first-order chi connectivity index (χ1) is 25.3. The molecule has 8 rings (SSSR count). The van der Waals surface area contributed by atoms with Crippen molar-refractivity contribution < 1.29 is 32.1 Å². The van der Waals surface area contributed by atoms with E-state index in [-0.39, 0.29) is 5.75 Å². The zero-order chi connectivity index (χ0) is 35.7. The van der Waals surface area contributed by atoms with Gasteiger partial charge in [-0.05, 0) is 79.7 Å². The highest BCUT2D eigenvalue weighted by Crippen LogP contribution is 2.39. The molecular weight excluding hydrogens is 671 g/mol. The van der Waals surface area contributed by atoms with Gasteiger partial charge in [-0.25, -0.2) is 19.9 Å². The lowest BCUT2D eigenvalue weighted by molar-refractivity contribution is -0.138. The summed E-state index contributed by atoms with van der Waals surface area (Å²) >= 11 is 0. The summed E-state index contributed by atoms with van der Waals surface area (Å²) in [7, 11) is 0. The third kappa shape index (κ3) is 6.64. The molecule has 0 unspecified atom stereocenters. The lowest BCUT2D eigenvalue weighted by Crippen LogP contribution is -2.08. The van der Waals surface area contributed by atoms with Gasteiger partial charge in [-0.15, -0.1) is 0 Å². The second-order valence-electron chi connectivity index (χ2n) is 11.6. The Balaban J connectivity index is 1.11. The molecule has 0 spiro atoms. The lowest BCUT2D eigenvalue weighted by Gasteiger charge is -2.13. The number of aromatic nitrogens is 5. The second-order valence-corrected chi connectivity index (χ2v) is 11.6. The number of hydrogen-bond donors (Lipinski definition) is 0. The van der Waals surface area contributed by atoms with Crippen LogP contribution in [-0.4, -0.2) is 24.5 Å². The van der Waals surface area contributed by atoms with Gasteiger partial charge in [0.15, 0.2) is 0 Å². The summed E-state index contributed by atoms with van der Waals surface area (Å²) in [6, 6.07) is 32.6. The van der Waals surface area contributed by atoms with Crippen LogP contribution in [0.3, 0.4) is 0 Å². The van der Waals surface area contributed by atoms with Crippen molar-refractivity contribution in [1.82, 2.24) is 24.5 Å². The molecule has 4 aromatic heterocycles. The van der Waals surface area contributed by atoms with Crippen LogP contribution in [0.2, 0.25) is 0 Å². The minimum atomic E-state index is -4.62. The molecule has 8 aromatic rings. The molecule has 0 aliphatic heterocycles. The Morgan fingerprint density at radius 3 is 1.52 bits per heavy atom. The first-order valence-electron chi connectivity index (χ1n) is 16.0. The predicted molar refractivity (Wildman–Crippen MR) is 188 cm³/mol. The SMILES string of the molecule is Cc1cccnc1Oc1cccc(Oc2ccc3c4ccc(Oc5cccc(Oc6ncccc6C(F)(F)F)c5)cc4n(-c4ncccn4)c3c2)c1. The zero-order valence-electron chi connectivity index (χ0n) is 27.3. The molecule has 0 atom stereocenters. The van der Waals surface area contributed by atoms with Crippen molar-refractivity contribution in [3.05, 3.63) is 151 Å². The smallest absolute Gasteiger partial charge is 0.421 e. The van der Waals surface area contributed by atoms with Gasteiger partial charge < -0.3 is 18.9 Å². The number of alkyl halides is 3. The molecule has 0 saturated heterocycles. The third-order valence-corrected chi connectivity index (χ3v) is 8.01. The number of ether oxygens (including phenoxy) is 4. The number of aryl methyl sites for hydroxylation is 1. The molecule has 256 valence electrons. The van der Waals surface area contributed by atoms with Crippen LogP contribution < -0.4 is 18.9 Å². The number of pyridine rings is 2. The molecule has 4 aromatic carbocycles. The molecule has 0 saturated carbocycles. The van der Waals surface area contributed by atoms with E-state index in [9.17, 15) is 13.2 Å². The van der Waals surface area contributed by atoms with Crippen LogP contribution in [-0.2, 0) is 6.18 Å². The van der Waals surface area contributed by atoms with Gasteiger partial charge in [0.25, 0.3) is 0 Å². The summed E-state index contributed by atoms with van der Waals surface area (Å²) in [5.74, 6) is 3.08. The van der Waals surface area contributed by atoms with E-state index in [0.29, 0.717) is 40.6 Å². The Bertz CT molecular complexity index is 2560. The number of fused-ring (bicyclic) bond motifs is 3. The van der Waals surface area contributed by atoms with E-state index in [2.05, 4.69) is 19.9 Å². The topological polar surface area (TPSA) is 93.4 Å². The standard InChI is InChI=1S/C40H26F3N5O4/c1-25-7-4-17-44-37(25)51-28-10-2-8-26(21-28)49-30-13-15-32-33-16-14-31(24-36(33)48(35(32)23-30)39-46-19-6-20-47-39)50-27-9-3-11-29(22-27)52-38-34(40(41,42)43)12-5-18-45-38/h2-24H,1H3. The molecular formula is C40H26F3N5O4. The number of halogens is 3. The monoisotopic (exact) mass is 697 g/mol. The quantitative estimate of drug-likeness (QED) is 0.147. The normalized spacial score (nSPS) is 11.5. The fourth-order valence-corrected chi connectivity index (χ4v) is 5.69. The average Bonchev–Trinajstić information content (AvgIpc) is 3.46. The molecule has 0 aliphatic rings. The lowest BCUT2D eigenvalue weighted by atomic mass is 10.1. The highest BCUT2D eigenvalue weighted by atomic mass is 19.4. The first kappa shape index (κ1) is 32.3. The fraction of sp³-hybridized carbons (Fsp3) is 0.0500. The van der Waals surface area contributed by atoms with Gasteiger partial charge >= 0.3 is 6.18 Å². The van der Waals surface area contributed by atoms with E-state index in [1.54, 1.807) is 42.9 Å². The summed E-state index contributed by atoms with van der Waals surface area (Å²) in [5.41, 5.74) is 1.48. The van der Waals surface area contributed by atoms with Crippen molar-refractivity contribution in [2.45, 2.75) is 13.1 Å². The molecule has 0 radical (unpaired) electrons. The summed E-state index contributed by atoms with van der Waals surface area (Å²) in [5, 5.41) is 1.84. The van der Waals surface area contributed by atoms with Crippen LogP contribution in [0.25, 0.3) is 27.8 Å². The van der Waals surface area contributed by atoms with E-state index in [4.69, 9.17) is 18.9 Å². The summed E-state index contributed by atoms with van der Waals surface area (Å²) in [6.07, 6.45) is 1.61. The highest BCUT2D eigenvalue weighted by Gasteiger charge is 2.35. The van der Waals surface area contributed by atoms with Crippen molar-refractivity contribution in [3.8, 4) is 52.2 Å². The molecule has 0 N–H and O–H groups in total. The number of benzene rings is 4. The Morgan fingerprint density at radius 2 is 0.962 bits per heavy atom. The number of nitrogens with zero attached hydrogens (tertiary/aromatic N) is 5. The average molecular weight is 698 g/mol. The molecule has 0 bridgehead atoms. The van der Waals surface area contributed by atoms with Crippen LogP contribution in [0.1, 0.15) is 11.1 Å². The van der Waals surface area contributed by atoms with Crippen molar-refractivity contribution in [2.75, 3.05) is 0 Å². The van der Waals surface area contributed by atoms with Crippen LogP contribution in [0.15, 0.2) is 140 Å².